The highest BCUT2D eigenvalue weighted by molar-refractivity contribution is 5.78. The first-order valence-corrected chi connectivity index (χ1v) is 8.07. The Balaban J connectivity index is 1.77. The van der Waals surface area contributed by atoms with Gasteiger partial charge in [-0.1, -0.05) is 30.3 Å². The highest BCUT2D eigenvalue weighted by atomic mass is 16.6. The van der Waals surface area contributed by atoms with Crippen LogP contribution in [0, 0.1) is 5.92 Å². The summed E-state index contributed by atoms with van der Waals surface area (Å²) in [7, 11) is 0. The van der Waals surface area contributed by atoms with Gasteiger partial charge >= 0.3 is 6.09 Å². The number of amides is 2. The van der Waals surface area contributed by atoms with Crippen LogP contribution in [0.5, 0.6) is 0 Å². The van der Waals surface area contributed by atoms with Gasteiger partial charge in [0.25, 0.3) is 0 Å². The number of rotatable bonds is 6. The largest absolute Gasteiger partial charge is 0.445 e. The molecule has 0 unspecified atom stereocenters. The number of nitrogens with zero attached hydrogens (tertiary/aromatic N) is 2. The zero-order chi connectivity index (χ0) is 16.7. The standard InChI is InChI=1S/C17H25N3O3/c1-2-19(16(21)10-18)11-15-8-9-20(12-15)17(22)23-13-14-6-4-3-5-7-14/h3-7,15H,2,8-13,18H2,1H3/t15-/m0/s1. The van der Waals surface area contributed by atoms with Gasteiger partial charge in [0.1, 0.15) is 6.61 Å². The van der Waals surface area contributed by atoms with Crippen molar-refractivity contribution in [2.75, 3.05) is 32.7 Å². The second-order valence-electron chi connectivity index (χ2n) is 5.78. The van der Waals surface area contributed by atoms with Crippen LogP contribution in [0.1, 0.15) is 18.9 Å². The van der Waals surface area contributed by atoms with Gasteiger partial charge in [0.2, 0.25) is 5.91 Å². The molecule has 1 fully saturated rings. The van der Waals surface area contributed by atoms with E-state index in [0.717, 1.165) is 12.0 Å². The lowest BCUT2D eigenvalue weighted by atomic mass is 10.1. The number of hydrogen-bond donors (Lipinski definition) is 1. The Morgan fingerprint density at radius 1 is 1.35 bits per heavy atom. The first-order chi connectivity index (χ1) is 11.1. The fourth-order valence-electron chi connectivity index (χ4n) is 2.81. The van der Waals surface area contributed by atoms with E-state index in [4.69, 9.17) is 10.5 Å². The van der Waals surface area contributed by atoms with Crippen molar-refractivity contribution in [2.45, 2.75) is 20.0 Å². The van der Waals surface area contributed by atoms with E-state index in [-0.39, 0.29) is 31.1 Å². The first kappa shape index (κ1) is 17.3. The Labute approximate surface area is 137 Å². The summed E-state index contributed by atoms with van der Waals surface area (Å²) in [6.45, 7) is 4.85. The zero-order valence-electron chi connectivity index (χ0n) is 13.6. The molecule has 1 aromatic rings. The minimum Gasteiger partial charge on any atom is -0.445 e. The Hall–Kier alpha value is -2.08. The molecule has 6 heteroatoms. The van der Waals surface area contributed by atoms with Crippen molar-refractivity contribution < 1.29 is 14.3 Å². The molecule has 1 aliphatic heterocycles. The number of carbonyl (C=O) groups excluding carboxylic acids is 2. The molecule has 0 saturated carbocycles. The van der Waals surface area contributed by atoms with Gasteiger partial charge in [0.15, 0.2) is 0 Å². The Kier molecular flexibility index (Phi) is 6.40. The molecule has 0 aromatic heterocycles. The van der Waals surface area contributed by atoms with Crippen LogP contribution in [0.4, 0.5) is 4.79 Å². The number of ether oxygens (including phenoxy) is 1. The minimum atomic E-state index is -0.287. The van der Waals surface area contributed by atoms with E-state index in [1.54, 1.807) is 9.80 Å². The van der Waals surface area contributed by atoms with Crippen LogP contribution in [0.2, 0.25) is 0 Å². The third-order valence-electron chi connectivity index (χ3n) is 4.14. The van der Waals surface area contributed by atoms with Crippen molar-refractivity contribution in [3.63, 3.8) is 0 Å². The molecule has 0 aliphatic carbocycles. The summed E-state index contributed by atoms with van der Waals surface area (Å²) in [5.74, 6) is 0.243. The molecule has 2 N–H and O–H groups in total. The smallest absolute Gasteiger partial charge is 0.410 e. The lowest BCUT2D eigenvalue weighted by Crippen LogP contribution is -2.40. The molecule has 1 aliphatic rings. The van der Waals surface area contributed by atoms with Gasteiger partial charge in [-0.05, 0) is 24.8 Å². The molecular formula is C17H25N3O3. The first-order valence-electron chi connectivity index (χ1n) is 8.07. The summed E-state index contributed by atoms with van der Waals surface area (Å²) < 4.78 is 5.35. The third kappa shape index (κ3) is 4.96. The van der Waals surface area contributed by atoms with Gasteiger partial charge in [-0.2, -0.15) is 0 Å². The second-order valence-corrected chi connectivity index (χ2v) is 5.78. The van der Waals surface area contributed by atoms with Crippen LogP contribution in [-0.4, -0.2) is 54.5 Å². The molecule has 1 saturated heterocycles. The predicted molar refractivity (Wildman–Crippen MR) is 87.6 cm³/mol. The van der Waals surface area contributed by atoms with E-state index in [1.165, 1.54) is 0 Å². The normalized spacial score (nSPS) is 17.1. The quantitative estimate of drug-likeness (QED) is 0.861. The average Bonchev–Trinajstić information content (AvgIpc) is 3.06. The Morgan fingerprint density at radius 2 is 2.09 bits per heavy atom. The number of carbonyl (C=O) groups is 2. The second kappa shape index (κ2) is 8.53. The molecule has 6 nitrogen and oxygen atoms in total. The molecule has 126 valence electrons. The van der Waals surface area contributed by atoms with E-state index >= 15 is 0 Å². The number of benzene rings is 1. The van der Waals surface area contributed by atoms with Crippen molar-refractivity contribution in [3.05, 3.63) is 35.9 Å². The topological polar surface area (TPSA) is 75.9 Å². The van der Waals surface area contributed by atoms with Crippen LogP contribution in [0.25, 0.3) is 0 Å². The van der Waals surface area contributed by atoms with Gasteiger partial charge < -0.3 is 20.3 Å². The third-order valence-corrected chi connectivity index (χ3v) is 4.14. The molecule has 1 aromatic carbocycles. The number of nitrogens with two attached hydrogens (primary N) is 1. The highest BCUT2D eigenvalue weighted by Gasteiger charge is 2.29. The van der Waals surface area contributed by atoms with Crippen molar-refractivity contribution in [3.8, 4) is 0 Å². The molecule has 23 heavy (non-hydrogen) atoms. The molecule has 0 radical (unpaired) electrons. The van der Waals surface area contributed by atoms with Crippen molar-refractivity contribution >= 4 is 12.0 Å². The van der Waals surface area contributed by atoms with Gasteiger partial charge in [-0.25, -0.2) is 4.79 Å². The van der Waals surface area contributed by atoms with Gasteiger partial charge in [-0.3, -0.25) is 4.79 Å². The van der Waals surface area contributed by atoms with E-state index in [0.29, 0.717) is 26.2 Å². The summed E-state index contributed by atoms with van der Waals surface area (Å²) in [6.07, 6.45) is 0.596. The summed E-state index contributed by atoms with van der Waals surface area (Å²) in [5.41, 5.74) is 6.39. The molecule has 1 heterocycles. The van der Waals surface area contributed by atoms with E-state index in [9.17, 15) is 9.59 Å². The molecule has 0 spiro atoms. The van der Waals surface area contributed by atoms with Crippen molar-refractivity contribution in [1.29, 1.82) is 0 Å². The monoisotopic (exact) mass is 319 g/mol. The number of likely N-dealkylation sites (tertiary alicyclic amines) is 1. The van der Waals surface area contributed by atoms with Crippen LogP contribution in [0.15, 0.2) is 30.3 Å². The van der Waals surface area contributed by atoms with E-state index in [2.05, 4.69) is 0 Å². The summed E-state index contributed by atoms with van der Waals surface area (Å²) in [4.78, 5) is 27.3. The maximum absolute atomic E-state index is 12.1. The lowest BCUT2D eigenvalue weighted by molar-refractivity contribution is -0.130. The van der Waals surface area contributed by atoms with Gasteiger partial charge in [-0.15, -0.1) is 0 Å². The fraction of sp³-hybridized carbons (Fsp3) is 0.529. The Morgan fingerprint density at radius 3 is 2.74 bits per heavy atom. The SMILES string of the molecule is CCN(C[C@@H]1CCN(C(=O)OCc2ccccc2)C1)C(=O)CN. The van der Waals surface area contributed by atoms with Crippen LogP contribution in [0.3, 0.4) is 0 Å². The highest BCUT2D eigenvalue weighted by Crippen LogP contribution is 2.19. The molecule has 2 rings (SSSR count). The van der Waals surface area contributed by atoms with Crippen LogP contribution >= 0.6 is 0 Å². The van der Waals surface area contributed by atoms with Gasteiger partial charge in [0, 0.05) is 26.2 Å². The van der Waals surface area contributed by atoms with Crippen LogP contribution < -0.4 is 5.73 Å². The van der Waals surface area contributed by atoms with Crippen LogP contribution in [-0.2, 0) is 16.1 Å². The van der Waals surface area contributed by atoms with Gasteiger partial charge in [0.05, 0.1) is 6.54 Å². The van der Waals surface area contributed by atoms with E-state index < -0.39 is 0 Å². The van der Waals surface area contributed by atoms with Crippen molar-refractivity contribution in [2.24, 2.45) is 11.7 Å². The maximum atomic E-state index is 12.1. The predicted octanol–water partition coefficient (Wildman–Crippen LogP) is 1.45. The lowest BCUT2D eigenvalue weighted by Gasteiger charge is -2.24. The Bertz CT molecular complexity index is 521. The molecular weight excluding hydrogens is 294 g/mol. The van der Waals surface area contributed by atoms with E-state index in [1.807, 2.05) is 37.3 Å². The summed E-state index contributed by atoms with van der Waals surface area (Å²) in [5, 5.41) is 0. The minimum absolute atomic E-state index is 0.0311. The summed E-state index contributed by atoms with van der Waals surface area (Å²) in [6, 6.07) is 9.62. The number of hydrogen-bond acceptors (Lipinski definition) is 4. The molecule has 0 bridgehead atoms. The molecule has 1 atom stereocenters. The zero-order valence-corrected chi connectivity index (χ0v) is 13.6. The number of likely N-dealkylation sites (N-methyl/N-ethyl adjacent to an activating group) is 1. The maximum Gasteiger partial charge on any atom is 0.410 e. The molecule has 2 amide bonds. The average molecular weight is 319 g/mol. The van der Waals surface area contributed by atoms with Crippen molar-refractivity contribution in [1.82, 2.24) is 9.80 Å². The summed E-state index contributed by atoms with van der Waals surface area (Å²) >= 11 is 0. The fourth-order valence-corrected chi connectivity index (χ4v) is 2.81.